The highest BCUT2D eigenvalue weighted by atomic mass is 16.5. The maximum Gasteiger partial charge on any atom is 0.140 e. The monoisotopic (exact) mass is 696 g/mol. The van der Waals surface area contributed by atoms with Crippen LogP contribution in [0.4, 0.5) is 0 Å². The lowest BCUT2D eigenvalue weighted by Crippen LogP contribution is -2.32. The Bertz CT molecular complexity index is 3100. The molecule has 0 saturated heterocycles. The smallest absolute Gasteiger partial charge is 0.140 e. The van der Waals surface area contributed by atoms with E-state index in [0.29, 0.717) is 0 Å². The molecule has 3 aliphatic carbocycles. The molecule has 0 radical (unpaired) electrons. The number of hydrogen-bond donors (Lipinski definition) is 0. The van der Waals surface area contributed by atoms with E-state index in [-0.39, 0.29) is 0 Å². The molecule has 0 amide bonds. The minimum Gasteiger partial charge on any atom is -0.456 e. The van der Waals surface area contributed by atoms with Crippen LogP contribution in [0.15, 0.2) is 194 Å². The summed E-state index contributed by atoms with van der Waals surface area (Å²) >= 11 is 0. The van der Waals surface area contributed by atoms with E-state index in [4.69, 9.17) is 4.74 Å². The minimum atomic E-state index is -0.519. The SMILES string of the molecule is c1ccc2c(c1)Oc1c(-c3cccc4c3-c3ccccc3C43c4ccccc4-c4c3ccc3ccccc43)cccc1C21c2ccccc2-c2ccccc21. The summed E-state index contributed by atoms with van der Waals surface area (Å²) < 4.78 is 7.21. The molecule has 1 atom stereocenters. The third-order valence-electron chi connectivity index (χ3n) is 13.2. The van der Waals surface area contributed by atoms with E-state index in [2.05, 4.69) is 194 Å². The van der Waals surface area contributed by atoms with Gasteiger partial charge in [-0.3, -0.25) is 0 Å². The molecule has 0 N–H and O–H groups in total. The van der Waals surface area contributed by atoms with Crippen molar-refractivity contribution in [2.45, 2.75) is 10.8 Å². The lowest BCUT2D eigenvalue weighted by molar-refractivity contribution is 0.438. The van der Waals surface area contributed by atoms with E-state index in [1.807, 2.05) is 0 Å². The average molecular weight is 697 g/mol. The Hall–Kier alpha value is -6.96. The van der Waals surface area contributed by atoms with Gasteiger partial charge in [0.2, 0.25) is 0 Å². The number of rotatable bonds is 1. The van der Waals surface area contributed by atoms with Crippen LogP contribution in [0.3, 0.4) is 0 Å². The van der Waals surface area contributed by atoms with Crippen molar-refractivity contribution in [3.63, 3.8) is 0 Å². The molecule has 13 rings (SSSR count). The molecule has 55 heavy (non-hydrogen) atoms. The van der Waals surface area contributed by atoms with Crippen molar-refractivity contribution in [1.29, 1.82) is 0 Å². The van der Waals surface area contributed by atoms with Crippen molar-refractivity contribution in [3.05, 3.63) is 239 Å². The fourth-order valence-corrected chi connectivity index (χ4v) is 11.3. The van der Waals surface area contributed by atoms with Crippen LogP contribution >= 0.6 is 0 Å². The first-order chi connectivity index (χ1) is 27.3. The van der Waals surface area contributed by atoms with Gasteiger partial charge in [-0.25, -0.2) is 0 Å². The average Bonchev–Trinajstić information content (AvgIpc) is 3.84. The molecule has 4 aliphatic rings. The Balaban J connectivity index is 1.14. The second-order valence-corrected chi connectivity index (χ2v) is 15.4. The number of benzene rings is 9. The van der Waals surface area contributed by atoms with Crippen LogP contribution in [0.25, 0.3) is 55.3 Å². The maximum atomic E-state index is 7.21. The molecule has 9 aromatic rings. The van der Waals surface area contributed by atoms with Gasteiger partial charge in [-0.05, 0) is 89.2 Å². The normalized spacial score (nSPS) is 16.7. The minimum absolute atomic E-state index is 0.454. The van der Waals surface area contributed by atoms with E-state index in [0.717, 1.165) is 17.1 Å². The highest BCUT2D eigenvalue weighted by Gasteiger charge is 2.54. The van der Waals surface area contributed by atoms with Crippen LogP contribution in [0.2, 0.25) is 0 Å². The summed E-state index contributed by atoms with van der Waals surface area (Å²) in [7, 11) is 0. The van der Waals surface area contributed by atoms with E-state index in [1.54, 1.807) is 0 Å². The zero-order valence-electron chi connectivity index (χ0n) is 29.9. The van der Waals surface area contributed by atoms with Crippen LogP contribution < -0.4 is 4.74 Å². The van der Waals surface area contributed by atoms with Crippen LogP contribution in [0.5, 0.6) is 11.5 Å². The molecule has 0 saturated carbocycles. The largest absolute Gasteiger partial charge is 0.456 e. The van der Waals surface area contributed by atoms with E-state index in [9.17, 15) is 0 Å². The molecular weight excluding hydrogens is 665 g/mol. The molecule has 2 spiro atoms. The standard InChI is InChI=1S/C54H32O/c1-2-16-34-33(15-1)31-32-47-50(34)39-19-5-9-25-43(39)54(47)44-26-10-6-20-40(44)51-37(21-13-28-46(51)54)38-22-14-29-48-52(38)55-49-30-12-11-27-45(49)53(48)41-23-7-3-17-35(41)36-18-4-8-24-42(36)53/h1-32H. The van der Waals surface area contributed by atoms with Crippen molar-refractivity contribution in [2.75, 3.05) is 0 Å². The molecule has 1 heteroatoms. The zero-order chi connectivity index (χ0) is 35.9. The predicted octanol–water partition coefficient (Wildman–Crippen LogP) is 13.3. The number of hydrogen-bond acceptors (Lipinski definition) is 1. The van der Waals surface area contributed by atoms with Crippen molar-refractivity contribution < 1.29 is 4.74 Å². The first kappa shape index (κ1) is 29.5. The molecular formula is C54H32O. The molecule has 0 aromatic heterocycles. The number of para-hydroxylation sites is 2. The van der Waals surface area contributed by atoms with E-state index < -0.39 is 10.8 Å². The lowest BCUT2D eigenvalue weighted by atomic mass is 9.65. The molecule has 254 valence electrons. The van der Waals surface area contributed by atoms with Gasteiger partial charge in [0.25, 0.3) is 0 Å². The van der Waals surface area contributed by atoms with Gasteiger partial charge in [-0.15, -0.1) is 0 Å². The highest BCUT2D eigenvalue weighted by Crippen LogP contribution is 2.67. The van der Waals surface area contributed by atoms with Gasteiger partial charge in [-0.2, -0.15) is 0 Å². The summed E-state index contributed by atoms with van der Waals surface area (Å²) in [6.07, 6.45) is 0. The second kappa shape index (κ2) is 10.4. The zero-order valence-corrected chi connectivity index (χ0v) is 29.9. The Labute approximate surface area is 319 Å². The number of fused-ring (bicyclic) bond motifs is 21. The fourth-order valence-electron chi connectivity index (χ4n) is 11.3. The molecule has 1 heterocycles. The van der Waals surface area contributed by atoms with Crippen molar-refractivity contribution >= 4 is 10.8 Å². The van der Waals surface area contributed by atoms with Crippen LogP contribution in [-0.4, -0.2) is 0 Å². The van der Waals surface area contributed by atoms with Crippen LogP contribution in [0, 0.1) is 0 Å². The third kappa shape index (κ3) is 3.38. The third-order valence-corrected chi connectivity index (χ3v) is 13.2. The van der Waals surface area contributed by atoms with Gasteiger partial charge in [0.05, 0.1) is 10.8 Å². The Morgan fingerprint density at radius 2 is 0.727 bits per heavy atom. The van der Waals surface area contributed by atoms with Gasteiger partial charge in [0.1, 0.15) is 11.5 Å². The maximum absolute atomic E-state index is 7.21. The van der Waals surface area contributed by atoms with Gasteiger partial charge < -0.3 is 4.74 Å². The Kier molecular flexibility index (Phi) is 5.56. The quantitative estimate of drug-likeness (QED) is 0.166. The van der Waals surface area contributed by atoms with Crippen molar-refractivity contribution in [2.24, 2.45) is 0 Å². The second-order valence-electron chi connectivity index (χ2n) is 15.4. The molecule has 0 bridgehead atoms. The predicted molar refractivity (Wildman–Crippen MR) is 223 cm³/mol. The molecule has 1 aliphatic heterocycles. The van der Waals surface area contributed by atoms with E-state index >= 15 is 0 Å². The first-order valence-electron chi connectivity index (χ1n) is 19.3. The van der Waals surface area contributed by atoms with Gasteiger partial charge >= 0.3 is 0 Å². The highest BCUT2D eigenvalue weighted by molar-refractivity contribution is 6.07. The Morgan fingerprint density at radius 1 is 0.273 bits per heavy atom. The Morgan fingerprint density at radius 3 is 1.44 bits per heavy atom. The van der Waals surface area contributed by atoms with E-state index in [1.165, 1.54) is 94.2 Å². The molecule has 9 aromatic carbocycles. The van der Waals surface area contributed by atoms with Crippen LogP contribution in [-0.2, 0) is 10.8 Å². The summed E-state index contributed by atoms with van der Waals surface area (Å²) in [4.78, 5) is 0. The van der Waals surface area contributed by atoms with Gasteiger partial charge in [-0.1, -0.05) is 188 Å². The first-order valence-corrected chi connectivity index (χ1v) is 19.3. The summed E-state index contributed by atoms with van der Waals surface area (Å²) in [6, 6.07) is 72.2. The van der Waals surface area contributed by atoms with Crippen molar-refractivity contribution in [1.82, 2.24) is 0 Å². The summed E-state index contributed by atoms with van der Waals surface area (Å²) in [6.45, 7) is 0. The number of ether oxygens (including phenoxy) is 1. The summed E-state index contributed by atoms with van der Waals surface area (Å²) in [5, 5.41) is 2.57. The summed E-state index contributed by atoms with van der Waals surface area (Å²) in [5.41, 5.74) is 19.5. The fraction of sp³-hybridized carbons (Fsp3) is 0.0370. The van der Waals surface area contributed by atoms with Gasteiger partial charge in [0.15, 0.2) is 0 Å². The summed E-state index contributed by atoms with van der Waals surface area (Å²) in [5.74, 6) is 1.83. The van der Waals surface area contributed by atoms with Crippen LogP contribution in [0.1, 0.15) is 44.5 Å². The van der Waals surface area contributed by atoms with Crippen molar-refractivity contribution in [3.8, 4) is 56.0 Å². The topological polar surface area (TPSA) is 9.23 Å². The molecule has 1 unspecified atom stereocenters. The van der Waals surface area contributed by atoms with Gasteiger partial charge in [0, 0.05) is 16.7 Å². The molecule has 1 nitrogen and oxygen atoms in total. The molecule has 0 fully saturated rings. The lowest BCUT2D eigenvalue weighted by Gasteiger charge is -2.40.